The molecule has 0 bridgehead atoms. The fourth-order valence-electron chi connectivity index (χ4n) is 0.559. The molecule has 0 saturated carbocycles. The van der Waals surface area contributed by atoms with Crippen LogP contribution < -0.4 is 0 Å². The smallest absolute Gasteiger partial charge is 0.140 e. The van der Waals surface area contributed by atoms with Crippen molar-refractivity contribution in [2.45, 2.75) is 6.92 Å². The van der Waals surface area contributed by atoms with Gasteiger partial charge in [-0.25, -0.2) is 13.2 Å². The van der Waals surface area contributed by atoms with Crippen LogP contribution in [0.5, 0.6) is 0 Å². The van der Waals surface area contributed by atoms with Crippen LogP contribution >= 0.6 is 0 Å². The Hall–Kier alpha value is -0.990. The van der Waals surface area contributed by atoms with Crippen molar-refractivity contribution in [2.24, 2.45) is 0 Å². The lowest BCUT2D eigenvalue weighted by Crippen LogP contribution is -1.90. The molecular formula is C7H4F3. The van der Waals surface area contributed by atoms with E-state index in [2.05, 4.69) is 0 Å². The van der Waals surface area contributed by atoms with Crippen LogP contribution in [0.15, 0.2) is 6.07 Å². The van der Waals surface area contributed by atoms with Crippen molar-refractivity contribution in [1.29, 1.82) is 0 Å². The molecule has 0 atom stereocenters. The van der Waals surface area contributed by atoms with E-state index in [-0.39, 0.29) is 5.56 Å². The summed E-state index contributed by atoms with van der Waals surface area (Å²) >= 11 is 0. The molecule has 0 aliphatic rings. The molecule has 0 nitrogen and oxygen atoms in total. The maximum atomic E-state index is 12.3. The maximum absolute atomic E-state index is 12.3. The topological polar surface area (TPSA) is 0 Å². The number of rotatable bonds is 0. The van der Waals surface area contributed by atoms with Crippen LogP contribution in [0.2, 0.25) is 0 Å². The summed E-state index contributed by atoms with van der Waals surface area (Å²) in [6.07, 6.45) is 0. The Labute approximate surface area is 56.3 Å². The number of hydrogen-bond acceptors (Lipinski definition) is 0. The standard InChI is InChI=1S/C7H4F3/c1-4-6(9)2-5(8)3-7(4)10/h2H,1H3. The SMILES string of the molecule is Cc1c(F)[c]c(F)cc1F. The van der Waals surface area contributed by atoms with Crippen molar-refractivity contribution in [1.82, 2.24) is 0 Å². The Morgan fingerprint density at radius 2 is 1.90 bits per heavy atom. The molecule has 53 valence electrons. The summed E-state index contributed by atoms with van der Waals surface area (Å²) in [6.45, 7) is 1.22. The van der Waals surface area contributed by atoms with Gasteiger partial charge in [-0.1, -0.05) is 0 Å². The van der Waals surface area contributed by atoms with Crippen LogP contribution in [0.3, 0.4) is 0 Å². The summed E-state index contributed by atoms with van der Waals surface area (Å²) in [5.74, 6) is -2.87. The van der Waals surface area contributed by atoms with Crippen molar-refractivity contribution in [3.05, 3.63) is 35.1 Å². The predicted molar refractivity (Wildman–Crippen MR) is 29.9 cm³/mol. The first-order valence-electron chi connectivity index (χ1n) is 2.64. The van der Waals surface area contributed by atoms with Crippen LogP contribution in [0.25, 0.3) is 0 Å². The highest BCUT2D eigenvalue weighted by Crippen LogP contribution is 2.11. The number of halogens is 3. The van der Waals surface area contributed by atoms with E-state index in [0.717, 1.165) is 0 Å². The third-order valence-corrected chi connectivity index (χ3v) is 1.17. The predicted octanol–water partition coefficient (Wildman–Crippen LogP) is 2.21. The summed E-state index contributed by atoms with van der Waals surface area (Å²) in [4.78, 5) is 0. The van der Waals surface area contributed by atoms with Gasteiger partial charge in [-0.3, -0.25) is 0 Å². The van der Waals surface area contributed by atoms with E-state index in [4.69, 9.17) is 0 Å². The average molecular weight is 145 g/mol. The first kappa shape index (κ1) is 7.12. The van der Waals surface area contributed by atoms with Gasteiger partial charge < -0.3 is 0 Å². The highest BCUT2D eigenvalue weighted by atomic mass is 19.1. The molecule has 10 heavy (non-hydrogen) atoms. The third-order valence-electron chi connectivity index (χ3n) is 1.17. The molecule has 0 aromatic heterocycles. The molecule has 0 N–H and O–H groups in total. The van der Waals surface area contributed by atoms with Crippen LogP contribution in [-0.4, -0.2) is 0 Å². The summed E-state index contributed by atoms with van der Waals surface area (Å²) in [7, 11) is 0. The zero-order chi connectivity index (χ0) is 7.72. The molecular weight excluding hydrogens is 141 g/mol. The van der Waals surface area contributed by atoms with Crippen LogP contribution in [0, 0.1) is 30.4 Å². The molecule has 1 rings (SSSR count). The zero-order valence-electron chi connectivity index (χ0n) is 5.21. The molecule has 1 radical (unpaired) electrons. The largest absolute Gasteiger partial charge is 0.206 e. The third kappa shape index (κ3) is 1.12. The summed E-state index contributed by atoms with van der Waals surface area (Å²) < 4.78 is 36.7. The van der Waals surface area contributed by atoms with E-state index < -0.39 is 17.5 Å². The Morgan fingerprint density at radius 3 is 2.40 bits per heavy atom. The normalized spacial score (nSPS) is 10.0. The summed E-state index contributed by atoms with van der Waals surface area (Å²) in [6, 6.07) is 2.30. The van der Waals surface area contributed by atoms with E-state index in [9.17, 15) is 13.2 Å². The van der Waals surface area contributed by atoms with Gasteiger partial charge >= 0.3 is 0 Å². The van der Waals surface area contributed by atoms with E-state index in [1.807, 2.05) is 0 Å². The van der Waals surface area contributed by atoms with Crippen LogP contribution in [0.4, 0.5) is 13.2 Å². The minimum absolute atomic E-state index is 0.207. The molecule has 0 fully saturated rings. The number of benzene rings is 1. The molecule has 0 aliphatic heterocycles. The number of hydrogen-bond donors (Lipinski definition) is 0. The van der Waals surface area contributed by atoms with Crippen molar-refractivity contribution in [3.8, 4) is 0 Å². The van der Waals surface area contributed by atoms with Crippen LogP contribution in [-0.2, 0) is 0 Å². The zero-order valence-corrected chi connectivity index (χ0v) is 5.21. The molecule has 1 aromatic carbocycles. The molecule has 0 spiro atoms. The fraction of sp³-hybridized carbons (Fsp3) is 0.143. The van der Waals surface area contributed by atoms with Gasteiger partial charge in [0, 0.05) is 11.6 Å². The Balaban J connectivity index is 3.31. The van der Waals surface area contributed by atoms with E-state index in [0.29, 0.717) is 6.07 Å². The Bertz CT molecular complexity index is 232. The molecule has 0 aliphatic carbocycles. The Kier molecular flexibility index (Phi) is 1.66. The molecule has 3 heteroatoms. The van der Waals surface area contributed by atoms with Gasteiger partial charge in [0.1, 0.15) is 17.5 Å². The second kappa shape index (κ2) is 2.33. The van der Waals surface area contributed by atoms with Gasteiger partial charge in [0.15, 0.2) is 0 Å². The molecule has 0 amide bonds. The van der Waals surface area contributed by atoms with Gasteiger partial charge in [-0.15, -0.1) is 0 Å². The minimum Gasteiger partial charge on any atom is -0.206 e. The molecule has 1 aromatic rings. The van der Waals surface area contributed by atoms with Gasteiger partial charge in [-0.2, -0.15) is 0 Å². The van der Waals surface area contributed by atoms with Crippen molar-refractivity contribution < 1.29 is 13.2 Å². The molecule has 0 saturated heterocycles. The van der Waals surface area contributed by atoms with E-state index >= 15 is 0 Å². The fourth-order valence-corrected chi connectivity index (χ4v) is 0.559. The summed E-state index contributed by atoms with van der Waals surface area (Å²) in [5.41, 5.74) is -0.207. The minimum atomic E-state index is -1.01. The van der Waals surface area contributed by atoms with Gasteiger partial charge in [-0.05, 0) is 6.92 Å². The van der Waals surface area contributed by atoms with Gasteiger partial charge in [0.05, 0.1) is 6.07 Å². The summed E-state index contributed by atoms with van der Waals surface area (Å²) in [5, 5.41) is 0. The highest BCUT2D eigenvalue weighted by Gasteiger charge is 2.05. The maximum Gasteiger partial charge on any atom is 0.140 e. The lowest BCUT2D eigenvalue weighted by atomic mass is 10.2. The van der Waals surface area contributed by atoms with Crippen molar-refractivity contribution >= 4 is 0 Å². The highest BCUT2D eigenvalue weighted by molar-refractivity contribution is 5.17. The van der Waals surface area contributed by atoms with Crippen molar-refractivity contribution in [2.75, 3.05) is 0 Å². The van der Waals surface area contributed by atoms with Gasteiger partial charge in [0.2, 0.25) is 0 Å². The lowest BCUT2D eigenvalue weighted by molar-refractivity contribution is 0.530. The quantitative estimate of drug-likeness (QED) is 0.525. The Morgan fingerprint density at radius 1 is 1.30 bits per heavy atom. The van der Waals surface area contributed by atoms with Crippen molar-refractivity contribution in [3.63, 3.8) is 0 Å². The second-order valence-electron chi connectivity index (χ2n) is 1.90. The lowest BCUT2D eigenvalue weighted by Gasteiger charge is -1.95. The van der Waals surface area contributed by atoms with Crippen LogP contribution in [0.1, 0.15) is 5.56 Å². The molecule has 0 heterocycles. The average Bonchev–Trinajstić information content (AvgIpc) is 1.82. The first-order valence-corrected chi connectivity index (χ1v) is 2.64. The van der Waals surface area contributed by atoms with Gasteiger partial charge in [0.25, 0.3) is 0 Å². The van der Waals surface area contributed by atoms with E-state index in [1.54, 1.807) is 6.07 Å². The van der Waals surface area contributed by atoms with E-state index in [1.165, 1.54) is 6.92 Å². The second-order valence-corrected chi connectivity index (χ2v) is 1.90. The monoisotopic (exact) mass is 145 g/mol. The molecule has 0 unspecified atom stereocenters. The first-order chi connectivity index (χ1) is 4.61.